The lowest BCUT2D eigenvalue weighted by atomic mass is 10.1. The van der Waals surface area contributed by atoms with Gasteiger partial charge in [-0.1, -0.05) is 0 Å². The summed E-state index contributed by atoms with van der Waals surface area (Å²) in [7, 11) is 3.11. The minimum Gasteiger partial charge on any atom is -0.497 e. The highest BCUT2D eigenvalue weighted by molar-refractivity contribution is 6.04. The third-order valence-electron chi connectivity index (χ3n) is 5.59. The molecule has 2 aliphatic rings. The average Bonchev–Trinajstić information content (AvgIpc) is 3.14. The van der Waals surface area contributed by atoms with Gasteiger partial charge in [-0.2, -0.15) is 0 Å². The molecule has 0 unspecified atom stereocenters. The second-order valence-corrected chi connectivity index (χ2v) is 7.62. The van der Waals surface area contributed by atoms with Gasteiger partial charge in [-0.05, 0) is 30.7 Å². The summed E-state index contributed by atoms with van der Waals surface area (Å²) < 4.78 is 5.24. The standard InChI is InChI=1S/C20H23N5O5/c1-11-14-6-13(30-3)4-5-15(14)22-18(11)19(28)21-12-7-24(8-12)16(26)10-25-17(27)9-23(2)20(25)29/h4-6,12,22H,7-10H2,1-3H3,(H,21,28). The minimum atomic E-state index is -0.468. The van der Waals surface area contributed by atoms with Gasteiger partial charge in [0, 0.05) is 31.0 Å². The van der Waals surface area contributed by atoms with Gasteiger partial charge in [0.15, 0.2) is 0 Å². The Hall–Kier alpha value is -3.56. The number of hydrogen-bond acceptors (Lipinski definition) is 5. The number of fused-ring (bicyclic) bond motifs is 1. The normalized spacial score (nSPS) is 17.0. The van der Waals surface area contributed by atoms with Crippen molar-refractivity contribution < 1.29 is 23.9 Å². The van der Waals surface area contributed by atoms with Gasteiger partial charge < -0.3 is 24.8 Å². The van der Waals surface area contributed by atoms with Crippen molar-refractivity contribution in [2.24, 2.45) is 0 Å². The zero-order valence-electron chi connectivity index (χ0n) is 17.0. The van der Waals surface area contributed by atoms with Crippen LogP contribution in [0.1, 0.15) is 16.1 Å². The molecule has 2 aromatic rings. The van der Waals surface area contributed by atoms with Crippen molar-refractivity contribution in [3.8, 4) is 5.75 Å². The summed E-state index contributed by atoms with van der Waals surface area (Å²) in [5.41, 5.74) is 2.14. The Morgan fingerprint density at radius 3 is 2.63 bits per heavy atom. The maximum absolute atomic E-state index is 12.7. The van der Waals surface area contributed by atoms with Crippen molar-refractivity contribution in [2.75, 3.05) is 40.3 Å². The molecule has 1 aromatic heterocycles. The van der Waals surface area contributed by atoms with Crippen LogP contribution >= 0.6 is 0 Å². The number of nitrogens with zero attached hydrogens (tertiary/aromatic N) is 3. The maximum Gasteiger partial charge on any atom is 0.327 e. The number of methoxy groups -OCH3 is 1. The second-order valence-electron chi connectivity index (χ2n) is 7.62. The van der Waals surface area contributed by atoms with E-state index in [-0.39, 0.29) is 36.9 Å². The molecule has 2 saturated heterocycles. The molecule has 2 fully saturated rings. The topological polar surface area (TPSA) is 115 Å². The number of rotatable bonds is 5. The highest BCUT2D eigenvalue weighted by Crippen LogP contribution is 2.26. The van der Waals surface area contributed by atoms with Gasteiger partial charge in [-0.15, -0.1) is 0 Å². The van der Waals surface area contributed by atoms with Crippen LogP contribution in [0.3, 0.4) is 0 Å². The fourth-order valence-electron chi connectivity index (χ4n) is 3.75. The molecule has 0 aliphatic carbocycles. The molecule has 2 aliphatic heterocycles. The first-order valence-electron chi connectivity index (χ1n) is 9.59. The number of carbonyl (C=O) groups is 4. The van der Waals surface area contributed by atoms with Crippen molar-refractivity contribution in [1.29, 1.82) is 0 Å². The van der Waals surface area contributed by atoms with E-state index in [0.29, 0.717) is 24.5 Å². The van der Waals surface area contributed by atoms with Gasteiger partial charge in [-0.25, -0.2) is 4.79 Å². The number of H-pyrrole nitrogens is 1. The van der Waals surface area contributed by atoms with Gasteiger partial charge in [0.2, 0.25) is 5.91 Å². The summed E-state index contributed by atoms with van der Waals surface area (Å²) in [5.74, 6) is -0.226. The number of hydrogen-bond donors (Lipinski definition) is 2. The van der Waals surface area contributed by atoms with E-state index in [1.54, 1.807) is 7.11 Å². The number of urea groups is 1. The maximum atomic E-state index is 12.7. The zero-order chi connectivity index (χ0) is 21.6. The van der Waals surface area contributed by atoms with Crippen LogP contribution in [-0.4, -0.2) is 89.8 Å². The molecule has 4 rings (SSSR count). The summed E-state index contributed by atoms with van der Waals surface area (Å²) in [6.07, 6.45) is 0. The fourth-order valence-corrected chi connectivity index (χ4v) is 3.75. The number of aromatic nitrogens is 1. The Morgan fingerprint density at radius 2 is 2.00 bits per heavy atom. The first-order chi connectivity index (χ1) is 14.3. The molecule has 5 amide bonds. The molecule has 0 atom stereocenters. The van der Waals surface area contributed by atoms with Gasteiger partial charge in [0.1, 0.15) is 24.5 Å². The zero-order valence-corrected chi connectivity index (χ0v) is 17.0. The monoisotopic (exact) mass is 413 g/mol. The number of ether oxygens (including phenoxy) is 1. The van der Waals surface area contributed by atoms with E-state index in [0.717, 1.165) is 21.4 Å². The van der Waals surface area contributed by atoms with E-state index >= 15 is 0 Å². The molecule has 0 saturated carbocycles. The lowest BCUT2D eigenvalue weighted by Crippen LogP contribution is -2.62. The van der Waals surface area contributed by atoms with Crippen molar-refractivity contribution in [3.05, 3.63) is 29.5 Å². The largest absolute Gasteiger partial charge is 0.497 e. The predicted octanol–water partition coefficient (Wildman–Crippen LogP) is 0.320. The van der Waals surface area contributed by atoms with E-state index in [1.165, 1.54) is 16.8 Å². The van der Waals surface area contributed by atoms with Crippen LogP contribution < -0.4 is 10.1 Å². The second kappa shape index (κ2) is 7.36. The Labute approximate surface area is 172 Å². The Bertz CT molecular complexity index is 1060. The van der Waals surface area contributed by atoms with Crippen LogP contribution in [0, 0.1) is 6.92 Å². The van der Waals surface area contributed by atoms with Crippen molar-refractivity contribution in [1.82, 2.24) is 25.0 Å². The molecule has 0 spiro atoms. The molecular weight excluding hydrogens is 390 g/mol. The van der Waals surface area contributed by atoms with E-state index < -0.39 is 6.03 Å². The summed E-state index contributed by atoms with van der Waals surface area (Å²) in [6.45, 7) is 2.25. The van der Waals surface area contributed by atoms with Crippen LogP contribution in [0.15, 0.2) is 18.2 Å². The molecule has 0 radical (unpaired) electrons. The summed E-state index contributed by atoms with van der Waals surface area (Å²) in [4.78, 5) is 55.6. The fraction of sp³-hybridized carbons (Fsp3) is 0.400. The van der Waals surface area contributed by atoms with Crippen molar-refractivity contribution >= 4 is 34.7 Å². The van der Waals surface area contributed by atoms with Crippen LogP contribution in [0.4, 0.5) is 4.79 Å². The quantitative estimate of drug-likeness (QED) is 0.685. The predicted molar refractivity (Wildman–Crippen MR) is 107 cm³/mol. The molecule has 2 N–H and O–H groups in total. The number of nitrogens with one attached hydrogen (secondary N) is 2. The third-order valence-corrected chi connectivity index (χ3v) is 5.59. The average molecular weight is 413 g/mol. The molecule has 158 valence electrons. The number of amides is 5. The van der Waals surface area contributed by atoms with E-state index in [4.69, 9.17) is 4.74 Å². The number of carbonyl (C=O) groups excluding carboxylic acids is 4. The van der Waals surface area contributed by atoms with Crippen LogP contribution in [0.2, 0.25) is 0 Å². The van der Waals surface area contributed by atoms with Crippen molar-refractivity contribution in [2.45, 2.75) is 13.0 Å². The first kappa shape index (κ1) is 19.7. The van der Waals surface area contributed by atoms with Crippen molar-refractivity contribution in [3.63, 3.8) is 0 Å². The summed E-state index contributed by atoms with van der Waals surface area (Å²) in [6, 6.07) is 4.91. The molecule has 3 heterocycles. The highest BCUT2D eigenvalue weighted by Gasteiger charge is 2.38. The Balaban J connectivity index is 1.34. The van der Waals surface area contributed by atoms with E-state index in [9.17, 15) is 19.2 Å². The van der Waals surface area contributed by atoms with Crippen LogP contribution in [0.25, 0.3) is 10.9 Å². The van der Waals surface area contributed by atoms with E-state index in [2.05, 4.69) is 10.3 Å². The van der Waals surface area contributed by atoms with Gasteiger partial charge >= 0.3 is 6.03 Å². The highest BCUT2D eigenvalue weighted by atomic mass is 16.5. The molecular formula is C20H23N5O5. The van der Waals surface area contributed by atoms with Crippen LogP contribution in [0.5, 0.6) is 5.75 Å². The number of benzene rings is 1. The lowest BCUT2D eigenvalue weighted by Gasteiger charge is -2.40. The third kappa shape index (κ3) is 3.34. The number of aryl methyl sites for hydroxylation is 1. The SMILES string of the molecule is COc1ccc2[nH]c(C(=O)NC3CN(C(=O)CN4C(=O)CN(C)C4=O)C3)c(C)c2c1. The number of aromatic amines is 1. The Morgan fingerprint density at radius 1 is 1.27 bits per heavy atom. The smallest absolute Gasteiger partial charge is 0.327 e. The summed E-state index contributed by atoms with van der Waals surface area (Å²) >= 11 is 0. The first-order valence-corrected chi connectivity index (χ1v) is 9.59. The molecule has 10 nitrogen and oxygen atoms in total. The summed E-state index contributed by atoms with van der Waals surface area (Å²) in [5, 5.41) is 3.83. The number of imide groups is 1. The number of likely N-dealkylation sites (tertiary alicyclic amines) is 1. The van der Waals surface area contributed by atoms with Gasteiger partial charge in [-0.3, -0.25) is 19.3 Å². The lowest BCUT2D eigenvalue weighted by molar-refractivity contribution is -0.140. The number of likely N-dealkylation sites (N-methyl/N-ethyl adjacent to an activating group) is 1. The Kier molecular flexibility index (Phi) is 4.84. The molecule has 30 heavy (non-hydrogen) atoms. The van der Waals surface area contributed by atoms with Gasteiger partial charge in [0.05, 0.1) is 13.2 Å². The minimum absolute atomic E-state index is 0.0134. The molecule has 1 aromatic carbocycles. The van der Waals surface area contributed by atoms with E-state index in [1.807, 2.05) is 25.1 Å². The molecule has 10 heteroatoms. The molecule has 0 bridgehead atoms. The van der Waals surface area contributed by atoms with Gasteiger partial charge in [0.25, 0.3) is 11.8 Å². The van der Waals surface area contributed by atoms with Crippen LogP contribution in [-0.2, 0) is 9.59 Å².